The Hall–Kier alpha value is -1.83. The molecule has 0 bridgehead atoms. The van der Waals surface area contributed by atoms with Gasteiger partial charge in [-0.1, -0.05) is 0 Å². The van der Waals surface area contributed by atoms with Crippen molar-refractivity contribution in [1.29, 1.82) is 0 Å². The Morgan fingerprint density at radius 1 is 0.394 bits per heavy atom. The molecule has 12 nitrogen and oxygen atoms in total. The van der Waals surface area contributed by atoms with E-state index in [1.54, 1.807) is 14.7 Å². The van der Waals surface area contributed by atoms with Crippen LogP contribution in [0.4, 0.5) is 17.8 Å². The molecule has 0 aliphatic carbocycles. The first-order valence-electron chi connectivity index (χ1n) is 11.6. The molecule has 1 heterocycles. The van der Waals surface area contributed by atoms with E-state index in [9.17, 15) is 0 Å². The summed E-state index contributed by atoms with van der Waals surface area (Å²) >= 11 is 0. The fraction of sp³-hybridized carbons (Fsp3) is 0.857. The highest BCUT2D eigenvalue weighted by Crippen LogP contribution is 2.20. The molecule has 0 saturated heterocycles. The van der Waals surface area contributed by atoms with Gasteiger partial charge in [0.1, 0.15) is 40.4 Å². The largest absolute Gasteiger partial charge is 0.361 e. The molecule has 33 heavy (non-hydrogen) atoms. The fourth-order valence-electron chi connectivity index (χ4n) is 2.43. The van der Waals surface area contributed by atoms with Gasteiger partial charge >= 0.3 is 0 Å². The van der Waals surface area contributed by atoms with Gasteiger partial charge in [0.25, 0.3) is 0 Å². The van der Waals surface area contributed by atoms with Gasteiger partial charge in [0.05, 0.1) is 0 Å². The highest BCUT2D eigenvalue weighted by atomic mass is 16.5. The van der Waals surface area contributed by atoms with Gasteiger partial charge < -0.3 is 28.4 Å². The van der Waals surface area contributed by atoms with Gasteiger partial charge in [-0.05, 0) is 41.5 Å². The number of nitrogens with zero attached hydrogens (tertiary/aromatic N) is 6. The predicted octanol–water partition coefficient (Wildman–Crippen LogP) is 2.25. The summed E-state index contributed by atoms with van der Waals surface area (Å²) in [6.07, 6.45) is 0. The molecule has 0 amide bonds. The Labute approximate surface area is 198 Å². The molecule has 0 fully saturated rings. The molecule has 12 heteroatoms. The summed E-state index contributed by atoms with van der Waals surface area (Å²) < 4.78 is 33.8. The summed E-state index contributed by atoms with van der Waals surface area (Å²) in [5.41, 5.74) is 0. The van der Waals surface area contributed by atoms with Gasteiger partial charge in [-0.2, -0.15) is 15.0 Å². The summed E-state index contributed by atoms with van der Waals surface area (Å²) in [7, 11) is 0. The SMILES string of the molecule is CCOCN(COCC)c1nc(N(COCC)COCC)nc(N(COCC)COCC)n1. The molecule has 1 aromatic heterocycles. The quantitative estimate of drug-likeness (QED) is 0.244. The van der Waals surface area contributed by atoms with E-state index in [4.69, 9.17) is 43.4 Å². The standard InChI is InChI=1S/C21H42N6O6/c1-7-28-13-25(14-29-8-2)19-22-20(26(15-30-9-3)16-31-10-4)24-21(23-19)27(17-32-11-5)18-33-12-6/h7-18H2,1-6H3. The van der Waals surface area contributed by atoms with Crippen LogP contribution in [0.25, 0.3) is 0 Å². The van der Waals surface area contributed by atoms with Crippen LogP contribution >= 0.6 is 0 Å². The zero-order valence-electron chi connectivity index (χ0n) is 21.1. The van der Waals surface area contributed by atoms with E-state index in [1.807, 2.05) is 41.5 Å². The van der Waals surface area contributed by atoms with Gasteiger partial charge in [-0.3, -0.25) is 14.7 Å². The maximum absolute atomic E-state index is 5.63. The third-order valence-electron chi connectivity index (χ3n) is 4.16. The number of anilines is 3. The maximum Gasteiger partial charge on any atom is 0.235 e. The van der Waals surface area contributed by atoms with Crippen LogP contribution in [-0.4, -0.2) is 95.0 Å². The minimum absolute atomic E-state index is 0.271. The molecule has 0 aromatic carbocycles. The van der Waals surface area contributed by atoms with Crippen molar-refractivity contribution < 1.29 is 28.4 Å². The third-order valence-corrected chi connectivity index (χ3v) is 4.16. The lowest BCUT2D eigenvalue weighted by atomic mass is 10.6. The van der Waals surface area contributed by atoms with E-state index in [1.165, 1.54) is 0 Å². The van der Waals surface area contributed by atoms with Crippen LogP contribution in [0.5, 0.6) is 0 Å². The van der Waals surface area contributed by atoms with Gasteiger partial charge in [0, 0.05) is 39.6 Å². The summed E-state index contributed by atoms with van der Waals surface area (Å²) in [5, 5.41) is 0. The molecule has 0 unspecified atom stereocenters. The molecule has 0 N–H and O–H groups in total. The Morgan fingerprint density at radius 3 is 0.727 bits per heavy atom. The lowest BCUT2D eigenvalue weighted by Crippen LogP contribution is -2.36. The van der Waals surface area contributed by atoms with E-state index < -0.39 is 0 Å². The summed E-state index contributed by atoms with van der Waals surface area (Å²) in [6, 6.07) is 0. The molecule has 1 aromatic rings. The third kappa shape index (κ3) is 11.2. The van der Waals surface area contributed by atoms with Crippen molar-refractivity contribution in [3.05, 3.63) is 0 Å². The molecule has 0 aliphatic heterocycles. The van der Waals surface area contributed by atoms with Crippen LogP contribution in [0.1, 0.15) is 41.5 Å². The Balaban J connectivity index is 3.43. The molecular formula is C21H42N6O6. The summed E-state index contributed by atoms with van der Waals surface area (Å²) in [5.74, 6) is 1.23. The van der Waals surface area contributed by atoms with Crippen molar-refractivity contribution in [3.63, 3.8) is 0 Å². The minimum Gasteiger partial charge on any atom is -0.361 e. The van der Waals surface area contributed by atoms with Crippen LogP contribution in [0.3, 0.4) is 0 Å². The molecule has 0 aliphatic rings. The molecule has 0 spiro atoms. The van der Waals surface area contributed by atoms with E-state index in [2.05, 4.69) is 0 Å². The van der Waals surface area contributed by atoms with Crippen LogP contribution in [0.15, 0.2) is 0 Å². The average molecular weight is 475 g/mol. The normalized spacial score (nSPS) is 11.1. The van der Waals surface area contributed by atoms with Crippen molar-refractivity contribution in [1.82, 2.24) is 15.0 Å². The van der Waals surface area contributed by atoms with E-state index >= 15 is 0 Å². The molecule has 1 rings (SSSR count). The predicted molar refractivity (Wildman–Crippen MR) is 126 cm³/mol. The maximum atomic E-state index is 5.63. The fourth-order valence-corrected chi connectivity index (χ4v) is 2.43. The smallest absolute Gasteiger partial charge is 0.235 e. The summed E-state index contributed by atoms with van der Waals surface area (Å²) in [6.45, 7) is 16.5. The van der Waals surface area contributed by atoms with E-state index in [0.717, 1.165) is 0 Å². The molecule has 0 atom stereocenters. The second-order valence-electron chi connectivity index (χ2n) is 6.59. The van der Waals surface area contributed by atoms with Crippen molar-refractivity contribution in [2.24, 2.45) is 0 Å². The Morgan fingerprint density at radius 2 is 0.576 bits per heavy atom. The lowest BCUT2D eigenvalue weighted by Gasteiger charge is -2.28. The van der Waals surface area contributed by atoms with Gasteiger partial charge in [-0.15, -0.1) is 0 Å². The first kappa shape index (κ1) is 29.2. The molecular weight excluding hydrogens is 432 g/mol. The monoisotopic (exact) mass is 474 g/mol. The lowest BCUT2D eigenvalue weighted by molar-refractivity contribution is 0.0910. The average Bonchev–Trinajstić information content (AvgIpc) is 2.84. The van der Waals surface area contributed by atoms with Crippen LogP contribution < -0.4 is 14.7 Å². The number of hydrogen-bond donors (Lipinski definition) is 0. The van der Waals surface area contributed by atoms with Crippen molar-refractivity contribution in [3.8, 4) is 0 Å². The molecule has 0 radical (unpaired) electrons. The summed E-state index contributed by atoms with van der Waals surface area (Å²) in [4.78, 5) is 19.5. The Kier molecular flexibility index (Phi) is 16.4. The van der Waals surface area contributed by atoms with Crippen molar-refractivity contribution >= 4 is 17.8 Å². The Bertz CT molecular complexity index is 497. The van der Waals surface area contributed by atoms with Gasteiger partial charge in [0.15, 0.2) is 0 Å². The van der Waals surface area contributed by atoms with Gasteiger partial charge in [-0.25, -0.2) is 0 Å². The second kappa shape index (κ2) is 18.6. The van der Waals surface area contributed by atoms with Gasteiger partial charge in [0.2, 0.25) is 17.8 Å². The first-order chi connectivity index (χ1) is 16.1. The van der Waals surface area contributed by atoms with E-state index in [-0.39, 0.29) is 40.4 Å². The first-order valence-corrected chi connectivity index (χ1v) is 11.6. The topological polar surface area (TPSA) is 104 Å². The number of rotatable bonds is 21. The van der Waals surface area contributed by atoms with Crippen LogP contribution in [0.2, 0.25) is 0 Å². The second-order valence-corrected chi connectivity index (χ2v) is 6.59. The van der Waals surface area contributed by atoms with E-state index in [0.29, 0.717) is 57.5 Å². The number of ether oxygens (including phenoxy) is 6. The minimum atomic E-state index is 0.271. The molecule has 192 valence electrons. The zero-order valence-corrected chi connectivity index (χ0v) is 21.1. The van der Waals surface area contributed by atoms with Crippen molar-refractivity contribution in [2.45, 2.75) is 41.5 Å². The highest BCUT2D eigenvalue weighted by molar-refractivity contribution is 5.45. The number of aromatic nitrogens is 3. The highest BCUT2D eigenvalue weighted by Gasteiger charge is 2.21. The number of hydrogen-bond acceptors (Lipinski definition) is 12. The van der Waals surface area contributed by atoms with Crippen molar-refractivity contribution in [2.75, 3.05) is 94.7 Å². The van der Waals surface area contributed by atoms with Crippen LogP contribution in [0, 0.1) is 0 Å². The molecule has 0 saturated carbocycles. The zero-order chi connectivity index (χ0) is 24.3. The van der Waals surface area contributed by atoms with Crippen LogP contribution in [-0.2, 0) is 28.4 Å².